The lowest BCUT2D eigenvalue weighted by Gasteiger charge is -2.37. The minimum Gasteiger partial charge on any atom is -0.454 e. The van der Waals surface area contributed by atoms with Crippen LogP contribution >= 0.6 is 0 Å². The number of nitrogens with zero attached hydrogens (tertiary/aromatic N) is 2. The number of likely N-dealkylation sites (tertiary alicyclic amines) is 1. The summed E-state index contributed by atoms with van der Waals surface area (Å²) in [6.07, 6.45) is 5.19. The predicted octanol–water partition coefficient (Wildman–Crippen LogP) is 5.65. The Balaban J connectivity index is 1.28. The number of rotatable bonds is 6. The summed E-state index contributed by atoms with van der Waals surface area (Å²) >= 11 is 0. The molecule has 0 radical (unpaired) electrons. The van der Waals surface area contributed by atoms with Gasteiger partial charge in [0.1, 0.15) is 0 Å². The van der Waals surface area contributed by atoms with E-state index in [1.807, 2.05) is 24.4 Å². The predicted molar refractivity (Wildman–Crippen MR) is 129 cm³/mol. The Kier molecular flexibility index (Phi) is 6.22. The van der Waals surface area contributed by atoms with Crippen LogP contribution in [0, 0.1) is 0 Å². The average molecular weight is 427 g/mol. The Labute approximate surface area is 190 Å². The fraction of sp³-hybridized carbons (Fsp3) is 0.321. The van der Waals surface area contributed by atoms with Crippen LogP contribution in [0.5, 0.6) is 11.5 Å². The first-order valence-corrected chi connectivity index (χ1v) is 11.6. The van der Waals surface area contributed by atoms with Crippen molar-refractivity contribution in [3.05, 3.63) is 95.1 Å². The number of piperidine rings is 1. The zero-order valence-corrected chi connectivity index (χ0v) is 18.6. The van der Waals surface area contributed by atoms with Gasteiger partial charge >= 0.3 is 0 Å². The van der Waals surface area contributed by atoms with E-state index < -0.39 is 0 Å². The van der Waals surface area contributed by atoms with Gasteiger partial charge in [-0.3, -0.25) is 9.89 Å². The molecular weight excluding hydrogens is 396 g/mol. The van der Waals surface area contributed by atoms with Crippen LogP contribution in [-0.2, 0) is 6.42 Å². The molecule has 32 heavy (non-hydrogen) atoms. The monoisotopic (exact) mass is 426 g/mol. The summed E-state index contributed by atoms with van der Waals surface area (Å²) in [6, 6.07) is 26.7. The molecule has 0 bridgehead atoms. The largest absolute Gasteiger partial charge is 0.454 e. The second-order valence-electron chi connectivity index (χ2n) is 8.57. The molecule has 164 valence electrons. The van der Waals surface area contributed by atoms with Gasteiger partial charge in [-0.25, -0.2) is 0 Å². The van der Waals surface area contributed by atoms with Gasteiger partial charge in [-0.2, -0.15) is 0 Å². The minimum absolute atomic E-state index is 0.292. The highest BCUT2D eigenvalue weighted by Gasteiger charge is 2.27. The van der Waals surface area contributed by atoms with Crippen molar-refractivity contribution in [1.29, 1.82) is 0 Å². The molecular formula is C28H30N2O2. The Hall–Kier alpha value is -3.11. The number of aryl methyl sites for hydroxylation is 1. The van der Waals surface area contributed by atoms with Crippen LogP contribution in [0.25, 0.3) is 0 Å². The summed E-state index contributed by atoms with van der Waals surface area (Å²) < 4.78 is 10.9. The van der Waals surface area contributed by atoms with Crippen LogP contribution in [0.4, 0.5) is 0 Å². The number of hydrogen-bond acceptors (Lipinski definition) is 4. The summed E-state index contributed by atoms with van der Waals surface area (Å²) in [6.45, 7) is 4.59. The van der Waals surface area contributed by atoms with Crippen molar-refractivity contribution in [3.8, 4) is 11.5 Å². The summed E-state index contributed by atoms with van der Waals surface area (Å²) in [7, 11) is 0. The molecule has 0 saturated carbocycles. The van der Waals surface area contributed by atoms with Crippen LogP contribution in [0.3, 0.4) is 0 Å². The van der Waals surface area contributed by atoms with E-state index in [2.05, 4.69) is 66.4 Å². The highest BCUT2D eigenvalue weighted by atomic mass is 16.7. The summed E-state index contributed by atoms with van der Waals surface area (Å²) in [4.78, 5) is 7.51. The van der Waals surface area contributed by atoms with Crippen LogP contribution in [-0.4, -0.2) is 37.0 Å². The molecule has 1 fully saturated rings. The second-order valence-corrected chi connectivity index (χ2v) is 8.57. The third-order valence-electron chi connectivity index (χ3n) is 6.51. The Morgan fingerprint density at radius 2 is 1.62 bits per heavy atom. The Bertz CT molecular complexity index is 1050. The highest BCUT2D eigenvalue weighted by Crippen LogP contribution is 2.33. The van der Waals surface area contributed by atoms with E-state index in [1.165, 1.54) is 16.7 Å². The van der Waals surface area contributed by atoms with Crippen molar-refractivity contribution in [1.82, 2.24) is 4.90 Å². The smallest absolute Gasteiger partial charge is 0.231 e. The molecule has 0 spiro atoms. The molecule has 2 heterocycles. The van der Waals surface area contributed by atoms with Gasteiger partial charge in [0, 0.05) is 19.3 Å². The van der Waals surface area contributed by atoms with E-state index in [-0.39, 0.29) is 0 Å². The topological polar surface area (TPSA) is 34.1 Å². The van der Waals surface area contributed by atoms with Crippen LogP contribution in [0.1, 0.15) is 48.1 Å². The number of benzene rings is 3. The lowest BCUT2D eigenvalue weighted by Crippen LogP contribution is -2.38. The SMILES string of the molecule is CCc1ccc(C(c2ccccc2)N2CCC(/N=C\c3ccc4c(c3)OCO4)CC2)cc1. The fourth-order valence-electron chi connectivity index (χ4n) is 4.66. The van der Waals surface area contributed by atoms with Gasteiger partial charge in [-0.05, 0) is 59.7 Å². The Morgan fingerprint density at radius 1 is 0.906 bits per heavy atom. The highest BCUT2D eigenvalue weighted by molar-refractivity contribution is 5.81. The van der Waals surface area contributed by atoms with Crippen molar-refractivity contribution in [2.24, 2.45) is 4.99 Å². The molecule has 4 heteroatoms. The molecule has 0 aromatic heterocycles. The molecule has 1 saturated heterocycles. The van der Waals surface area contributed by atoms with Crippen molar-refractivity contribution in [2.45, 2.75) is 38.3 Å². The number of hydrogen-bond donors (Lipinski definition) is 0. The van der Waals surface area contributed by atoms with Crippen LogP contribution in [0.2, 0.25) is 0 Å². The molecule has 0 amide bonds. The third-order valence-corrected chi connectivity index (χ3v) is 6.51. The van der Waals surface area contributed by atoms with Gasteiger partial charge in [-0.1, -0.05) is 61.5 Å². The molecule has 0 N–H and O–H groups in total. The molecule has 4 nitrogen and oxygen atoms in total. The lowest BCUT2D eigenvalue weighted by atomic mass is 9.93. The van der Waals surface area contributed by atoms with Crippen LogP contribution in [0.15, 0.2) is 77.8 Å². The maximum Gasteiger partial charge on any atom is 0.231 e. The van der Waals surface area contributed by atoms with Crippen molar-refractivity contribution in [2.75, 3.05) is 19.9 Å². The molecule has 2 aliphatic rings. The van der Waals surface area contributed by atoms with E-state index >= 15 is 0 Å². The maximum atomic E-state index is 5.48. The van der Waals surface area contributed by atoms with E-state index in [4.69, 9.17) is 14.5 Å². The number of ether oxygens (including phenoxy) is 2. The van der Waals surface area contributed by atoms with Gasteiger partial charge in [-0.15, -0.1) is 0 Å². The maximum absolute atomic E-state index is 5.48. The summed E-state index contributed by atoms with van der Waals surface area (Å²) in [5.74, 6) is 1.62. The molecule has 1 unspecified atom stereocenters. The normalized spacial score (nSPS) is 17.7. The first-order valence-electron chi connectivity index (χ1n) is 11.6. The molecule has 1 atom stereocenters. The third kappa shape index (κ3) is 4.56. The summed E-state index contributed by atoms with van der Waals surface area (Å²) in [5, 5.41) is 0. The zero-order valence-electron chi connectivity index (χ0n) is 18.6. The average Bonchev–Trinajstić information content (AvgIpc) is 3.33. The van der Waals surface area contributed by atoms with Crippen molar-refractivity contribution in [3.63, 3.8) is 0 Å². The van der Waals surface area contributed by atoms with Gasteiger partial charge < -0.3 is 9.47 Å². The van der Waals surface area contributed by atoms with E-state index in [9.17, 15) is 0 Å². The van der Waals surface area contributed by atoms with Crippen molar-refractivity contribution >= 4 is 6.21 Å². The quantitative estimate of drug-likeness (QED) is 0.478. The fourth-order valence-corrected chi connectivity index (χ4v) is 4.66. The molecule has 2 aliphatic heterocycles. The second kappa shape index (κ2) is 9.58. The number of fused-ring (bicyclic) bond motifs is 1. The molecule has 3 aromatic carbocycles. The Morgan fingerprint density at radius 3 is 2.38 bits per heavy atom. The molecule has 3 aromatic rings. The first kappa shape index (κ1) is 20.8. The molecule has 0 aliphatic carbocycles. The van der Waals surface area contributed by atoms with Crippen molar-refractivity contribution < 1.29 is 9.47 Å². The van der Waals surface area contributed by atoms with Crippen LogP contribution < -0.4 is 9.47 Å². The van der Waals surface area contributed by atoms with E-state index in [0.29, 0.717) is 18.9 Å². The van der Waals surface area contributed by atoms with E-state index in [0.717, 1.165) is 49.4 Å². The van der Waals surface area contributed by atoms with E-state index in [1.54, 1.807) is 0 Å². The van der Waals surface area contributed by atoms with Gasteiger partial charge in [0.2, 0.25) is 6.79 Å². The van der Waals surface area contributed by atoms with Gasteiger partial charge in [0.15, 0.2) is 11.5 Å². The first-order chi connectivity index (χ1) is 15.8. The van der Waals surface area contributed by atoms with Gasteiger partial charge in [0.05, 0.1) is 12.1 Å². The zero-order chi connectivity index (χ0) is 21.8. The lowest BCUT2D eigenvalue weighted by molar-refractivity contribution is 0.174. The minimum atomic E-state index is 0.292. The summed E-state index contributed by atoms with van der Waals surface area (Å²) in [5.41, 5.74) is 5.18. The standard InChI is InChI=1S/C28H30N2O2/c1-2-21-8-11-24(12-9-21)28(23-6-4-3-5-7-23)30-16-14-25(15-17-30)29-19-22-10-13-26-27(18-22)32-20-31-26/h3-13,18-19,25,28H,2,14-17,20H2,1H3/b29-19-. The van der Waals surface area contributed by atoms with Gasteiger partial charge in [0.25, 0.3) is 0 Å². The molecule has 5 rings (SSSR count). The number of aliphatic imine (C=N–C) groups is 1.